The summed E-state index contributed by atoms with van der Waals surface area (Å²) in [4.78, 5) is 24.1. The lowest BCUT2D eigenvalue weighted by atomic mass is 10.1. The first-order chi connectivity index (χ1) is 15.9. The maximum absolute atomic E-state index is 12.1. The molecule has 0 fully saturated rings. The molecule has 0 aliphatic heterocycles. The highest BCUT2D eigenvalue weighted by Crippen LogP contribution is 2.29. The number of nitrogens with one attached hydrogen (secondary N) is 2. The molecule has 3 aromatic rings. The van der Waals surface area contributed by atoms with Crippen LogP contribution in [0.15, 0.2) is 65.8 Å². The third kappa shape index (κ3) is 6.57. The van der Waals surface area contributed by atoms with Gasteiger partial charge in [-0.1, -0.05) is 35.9 Å². The quantitative estimate of drug-likeness (QED) is 0.302. The maximum Gasteiger partial charge on any atom is 0.329 e. The molecule has 0 aliphatic rings. The Morgan fingerprint density at radius 2 is 1.76 bits per heavy atom. The summed E-state index contributed by atoms with van der Waals surface area (Å²) >= 11 is 6.16. The Kier molecular flexibility index (Phi) is 8.05. The highest BCUT2D eigenvalue weighted by Gasteiger charge is 2.13. The number of anilines is 1. The van der Waals surface area contributed by atoms with Crippen molar-refractivity contribution in [2.45, 2.75) is 20.5 Å². The molecule has 0 atom stereocenters. The van der Waals surface area contributed by atoms with Crippen molar-refractivity contribution in [1.82, 2.24) is 5.43 Å². The lowest BCUT2D eigenvalue weighted by Gasteiger charge is -2.12. The number of methoxy groups -OCH3 is 1. The predicted molar refractivity (Wildman–Crippen MR) is 129 cm³/mol. The molecular formula is C25H24ClN3O4. The molecule has 8 heteroatoms. The summed E-state index contributed by atoms with van der Waals surface area (Å²) in [6.45, 7) is 4.18. The Hall–Kier alpha value is -3.84. The zero-order valence-corrected chi connectivity index (χ0v) is 19.3. The molecule has 0 aliphatic carbocycles. The van der Waals surface area contributed by atoms with E-state index in [0.29, 0.717) is 27.8 Å². The fraction of sp³-hybridized carbons (Fsp3) is 0.160. The molecule has 2 amide bonds. The Labute approximate surface area is 197 Å². The van der Waals surface area contributed by atoms with Gasteiger partial charge in [0.2, 0.25) is 0 Å². The van der Waals surface area contributed by atoms with E-state index in [-0.39, 0.29) is 6.61 Å². The van der Waals surface area contributed by atoms with Crippen molar-refractivity contribution in [3.8, 4) is 11.5 Å². The predicted octanol–water partition coefficient (Wildman–Crippen LogP) is 4.63. The molecule has 0 saturated carbocycles. The summed E-state index contributed by atoms with van der Waals surface area (Å²) in [5.74, 6) is -0.663. The number of rotatable bonds is 7. The number of benzene rings is 3. The third-order valence-corrected chi connectivity index (χ3v) is 5.25. The number of aryl methyl sites for hydroxylation is 2. The molecule has 0 spiro atoms. The molecule has 3 aromatic carbocycles. The van der Waals surface area contributed by atoms with Crippen LogP contribution in [0.25, 0.3) is 0 Å². The van der Waals surface area contributed by atoms with Gasteiger partial charge in [0.15, 0.2) is 11.5 Å². The van der Waals surface area contributed by atoms with Gasteiger partial charge < -0.3 is 14.8 Å². The zero-order valence-electron chi connectivity index (χ0n) is 18.5. The minimum Gasteiger partial charge on any atom is -0.493 e. The standard InChI is InChI=1S/C25H24ClN3O4/c1-16-8-10-20(12-17(16)2)28-24(30)25(31)29-27-14-18-9-11-22(23(13-18)32-3)33-15-19-6-4-5-7-21(19)26/h4-14H,15H2,1-3H3,(H,28,30)(H,29,31)/b27-14+. The van der Waals surface area contributed by atoms with Crippen LogP contribution in [0, 0.1) is 13.8 Å². The SMILES string of the molecule is COc1cc(/C=N/NC(=O)C(=O)Nc2ccc(C)c(C)c2)ccc1OCc1ccccc1Cl. The van der Waals surface area contributed by atoms with E-state index >= 15 is 0 Å². The molecule has 7 nitrogen and oxygen atoms in total. The van der Waals surface area contributed by atoms with Gasteiger partial charge in [-0.05, 0) is 66.9 Å². The average Bonchev–Trinajstić information content (AvgIpc) is 2.81. The van der Waals surface area contributed by atoms with Crippen molar-refractivity contribution >= 4 is 35.3 Å². The first-order valence-electron chi connectivity index (χ1n) is 10.1. The number of ether oxygens (including phenoxy) is 2. The summed E-state index contributed by atoms with van der Waals surface area (Å²) in [6.07, 6.45) is 1.40. The van der Waals surface area contributed by atoms with Gasteiger partial charge in [-0.25, -0.2) is 5.43 Å². The minimum atomic E-state index is -0.879. The lowest BCUT2D eigenvalue weighted by molar-refractivity contribution is -0.136. The van der Waals surface area contributed by atoms with Crippen LogP contribution in [0.4, 0.5) is 5.69 Å². The van der Waals surface area contributed by atoms with Crippen LogP contribution in [0.2, 0.25) is 5.02 Å². The van der Waals surface area contributed by atoms with Gasteiger partial charge >= 0.3 is 11.8 Å². The van der Waals surface area contributed by atoms with Gasteiger partial charge in [-0.15, -0.1) is 0 Å². The van der Waals surface area contributed by atoms with Crippen molar-refractivity contribution in [2.75, 3.05) is 12.4 Å². The first-order valence-corrected chi connectivity index (χ1v) is 10.5. The van der Waals surface area contributed by atoms with Crippen LogP contribution in [0.5, 0.6) is 11.5 Å². The smallest absolute Gasteiger partial charge is 0.329 e. The fourth-order valence-electron chi connectivity index (χ4n) is 2.88. The Bertz CT molecular complexity index is 1190. The van der Waals surface area contributed by atoms with E-state index in [9.17, 15) is 9.59 Å². The van der Waals surface area contributed by atoms with Crippen LogP contribution in [-0.4, -0.2) is 25.1 Å². The van der Waals surface area contributed by atoms with Crippen molar-refractivity contribution in [3.05, 3.63) is 87.9 Å². The van der Waals surface area contributed by atoms with Crippen molar-refractivity contribution in [2.24, 2.45) is 5.10 Å². The summed E-state index contributed by atoms with van der Waals surface area (Å²) in [5, 5.41) is 7.01. The largest absolute Gasteiger partial charge is 0.493 e. The van der Waals surface area contributed by atoms with Crippen LogP contribution in [0.3, 0.4) is 0 Å². The van der Waals surface area contributed by atoms with E-state index in [0.717, 1.165) is 16.7 Å². The summed E-state index contributed by atoms with van der Waals surface area (Å²) in [5.41, 5.74) is 6.36. The number of amides is 2. The number of carbonyl (C=O) groups is 2. The second-order valence-electron chi connectivity index (χ2n) is 7.24. The number of hydrogen-bond donors (Lipinski definition) is 2. The van der Waals surface area contributed by atoms with Gasteiger partial charge in [0, 0.05) is 16.3 Å². The highest BCUT2D eigenvalue weighted by molar-refractivity contribution is 6.39. The highest BCUT2D eigenvalue weighted by atomic mass is 35.5. The van der Waals surface area contributed by atoms with E-state index < -0.39 is 11.8 Å². The number of halogens is 1. The molecule has 0 aromatic heterocycles. The summed E-state index contributed by atoms with van der Waals surface area (Å²) in [6, 6.07) is 18.0. The summed E-state index contributed by atoms with van der Waals surface area (Å²) < 4.78 is 11.2. The van der Waals surface area contributed by atoms with Crippen LogP contribution < -0.4 is 20.2 Å². The van der Waals surface area contributed by atoms with Crippen LogP contribution in [-0.2, 0) is 16.2 Å². The van der Waals surface area contributed by atoms with E-state index in [1.807, 2.05) is 38.1 Å². The topological polar surface area (TPSA) is 89.0 Å². The van der Waals surface area contributed by atoms with Gasteiger partial charge in [0.1, 0.15) is 6.61 Å². The average molecular weight is 466 g/mol. The van der Waals surface area contributed by atoms with Crippen molar-refractivity contribution < 1.29 is 19.1 Å². The Morgan fingerprint density at radius 1 is 0.970 bits per heavy atom. The van der Waals surface area contributed by atoms with E-state index in [1.165, 1.54) is 13.3 Å². The van der Waals surface area contributed by atoms with E-state index in [4.69, 9.17) is 21.1 Å². The molecule has 0 radical (unpaired) electrons. The molecular weight excluding hydrogens is 442 g/mol. The minimum absolute atomic E-state index is 0.287. The maximum atomic E-state index is 12.1. The molecule has 170 valence electrons. The Morgan fingerprint density at radius 3 is 2.48 bits per heavy atom. The molecule has 0 bridgehead atoms. The molecule has 0 saturated heterocycles. The van der Waals surface area contributed by atoms with Gasteiger partial charge in [0.05, 0.1) is 13.3 Å². The number of hydrazone groups is 1. The van der Waals surface area contributed by atoms with Gasteiger partial charge in [-0.3, -0.25) is 9.59 Å². The van der Waals surface area contributed by atoms with E-state index in [1.54, 1.807) is 36.4 Å². The third-order valence-electron chi connectivity index (χ3n) is 4.88. The first kappa shape index (κ1) is 23.8. The second-order valence-corrected chi connectivity index (χ2v) is 7.65. The van der Waals surface area contributed by atoms with Gasteiger partial charge in [-0.2, -0.15) is 5.10 Å². The normalized spacial score (nSPS) is 10.7. The monoisotopic (exact) mass is 465 g/mol. The molecule has 0 unspecified atom stereocenters. The number of nitrogens with zero attached hydrogens (tertiary/aromatic N) is 1. The summed E-state index contributed by atoms with van der Waals surface area (Å²) in [7, 11) is 1.53. The fourth-order valence-corrected chi connectivity index (χ4v) is 3.07. The van der Waals surface area contributed by atoms with Gasteiger partial charge in [0.25, 0.3) is 0 Å². The Balaban J connectivity index is 1.57. The van der Waals surface area contributed by atoms with Crippen LogP contribution >= 0.6 is 11.6 Å². The molecule has 33 heavy (non-hydrogen) atoms. The van der Waals surface area contributed by atoms with Crippen molar-refractivity contribution in [1.29, 1.82) is 0 Å². The molecule has 3 rings (SSSR count). The zero-order chi connectivity index (χ0) is 23.8. The number of hydrogen-bond acceptors (Lipinski definition) is 5. The molecule has 0 heterocycles. The second kappa shape index (κ2) is 11.2. The van der Waals surface area contributed by atoms with Crippen LogP contribution in [0.1, 0.15) is 22.3 Å². The van der Waals surface area contributed by atoms with Crippen molar-refractivity contribution in [3.63, 3.8) is 0 Å². The number of carbonyl (C=O) groups excluding carboxylic acids is 2. The van der Waals surface area contributed by atoms with E-state index in [2.05, 4.69) is 15.8 Å². The lowest BCUT2D eigenvalue weighted by Crippen LogP contribution is -2.32. The molecule has 2 N–H and O–H groups in total.